The molecule has 1 aromatic rings. The van der Waals surface area contributed by atoms with E-state index in [1.807, 2.05) is 25.1 Å². The molecule has 0 radical (unpaired) electrons. The van der Waals surface area contributed by atoms with Crippen molar-refractivity contribution in [2.45, 2.75) is 13.0 Å². The first kappa shape index (κ1) is 9.46. The van der Waals surface area contributed by atoms with E-state index in [2.05, 4.69) is 0 Å². The predicted molar refractivity (Wildman–Crippen MR) is 53.4 cm³/mol. The Bertz CT molecular complexity index is 327. The highest BCUT2D eigenvalue weighted by molar-refractivity contribution is 6.18. The Morgan fingerprint density at radius 1 is 1.43 bits per heavy atom. The molecular formula is C10H11ClO3. The van der Waals surface area contributed by atoms with Gasteiger partial charge in [-0.05, 0) is 19.1 Å². The van der Waals surface area contributed by atoms with E-state index in [-0.39, 0.29) is 12.9 Å². The van der Waals surface area contributed by atoms with E-state index in [1.165, 1.54) is 0 Å². The minimum absolute atomic E-state index is 0.00274. The average Bonchev–Trinajstić information content (AvgIpc) is 2.64. The zero-order chi connectivity index (χ0) is 9.97. The highest BCUT2D eigenvalue weighted by Crippen LogP contribution is 2.35. The van der Waals surface area contributed by atoms with Crippen LogP contribution in [0.15, 0.2) is 18.2 Å². The Labute approximate surface area is 87.5 Å². The van der Waals surface area contributed by atoms with Crippen LogP contribution in [0.2, 0.25) is 0 Å². The van der Waals surface area contributed by atoms with Gasteiger partial charge in [0.15, 0.2) is 11.5 Å². The summed E-state index contributed by atoms with van der Waals surface area (Å²) in [5, 5.41) is 0. The van der Waals surface area contributed by atoms with Crippen molar-refractivity contribution in [2.75, 3.05) is 12.7 Å². The third-order valence-electron chi connectivity index (χ3n) is 1.90. The number of hydrogen-bond acceptors (Lipinski definition) is 3. The second-order valence-electron chi connectivity index (χ2n) is 3.10. The fraction of sp³-hybridized carbons (Fsp3) is 0.400. The summed E-state index contributed by atoms with van der Waals surface area (Å²) in [6, 6.07) is 5.49. The van der Waals surface area contributed by atoms with Crippen LogP contribution in [0.1, 0.15) is 6.92 Å². The minimum Gasteiger partial charge on any atom is -0.489 e. The standard InChI is InChI=1S/C10H11ClO3/c1-7(5-11)14-8-2-3-9-10(4-8)13-6-12-9/h2-4,7H,5-6H2,1H3. The summed E-state index contributed by atoms with van der Waals surface area (Å²) in [4.78, 5) is 0. The van der Waals surface area contributed by atoms with Gasteiger partial charge in [-0.15, -0.1) is 11.6 Å². The molecule has 14 heavy (non-hydrogen) atoms. The van der Waals surface area contributed by atoms with Crippen molar-refractivity contribution in [1.29, 1.82) is 0 Å². The second kappa shape index (κ2) is 3.96. The molecule has 1 unspecified atom stereocenters. The van der Waals surface area contributed by atoms with Gasteiger partial charge in [0.1, 0.15) is 11.9 Å². The molecule has 0 bridgehead atoms. The minimum atomic E-state index is -0.00274. The maximum absolute atomic E-state index is 5.64. The van der Waals surface area contributed by atoms with Gasteiger partial charge in [0.05, 0.1) is 5.88 Å². The summed E-state index contributed by atoms with van der Waals surface area (Å²) in [5.41, 5.74) is 0. The van der Waals surface area contributed by atoms with Crippen LogP contribution in [0.5, 0.6) is 17.2 Å². The zero-order valence-corrected chi connectivity index (χ0v) is 8.58. The van der Waals surface area contributed by atoms with Gasteiger partial charge in [-0.3, -0.25) is 0 Å². The summed E-state index contributed by atoms with van der Waals surface area (Å²) in [6.45, 7) is 2.20. The molecule has 76 valence electrons. The van der Waals surface area contributed by atoms with Gasteiger partial charge < -0.3 is 14.2 Å². The highest BCUT2D eigenvalue weighted by atomic mass is 35.5. The lowest BCUT2D eigenvalue weighted by molar-refractivity contribution is 0.173. The number of alkyl halides is 1. The topological polar surface area (TPSA) is 27.7 Å². The largest absolute Gasteiger partial charge is 0.489 e. The van der Waals surface area contributed by atoms with E-state index in [4.69, 9.17) is 25.8 Å². The Balaban J connectivity index is 2.12. The SMILES string of the molecule is CC(CCl)Oc1ccc2c(c1)OCO2. The lowest BCUT2D eigenvalue weighted by Gasteiger charge is -2.11. The zero-order valence-electron chi connectivity index (χ0n) is 7.83. The second-order valence-corrected chi connectivity index (χ2v) is 3.41. The van der Waals surface area contributed by atoms with Crippen molar-refractivity contribution in [3.8, 4) is 17.2 Å². The van der Waals surface area contributed by atoms with Crippen molar-refractivity contribution in [3.05, 3.63) is 18.2 Å². The molecule has 1 atom stereocenters. The third kappa shape index (κ3) is 1.87. The summed E-state index contributed by atoms with van der Waals surface area (Å²) >= 11 is 5.64. The van der Waals surface area contributed by atoms with Gasteiger partial charge in [0.2, 0.25) is 6.79 Å². The smallest absolute Gasteiger partial charge is 0.231 e. The lowest BCUT2D eigenvalue weighted by Crippen LogP contribution is -2.12. The number of rotatable bonds is 3. The molecule has 0 saturated carbocycles. The van der Waals surface area contributed by atoms with E-state index in [0.29, 0.717) is 5.88 Å². The number of halogens is 1. The molecular weight excluding hydrogens is 204 g/mol. The Morgan fingerprint density at radius 2 is 2.21 bits per heavy atom. The van der Waals surface area contributed by atoms with Gasteiger partial charge in [0, 0.05) is 6.07 Å². The molecule has 2 rings (SSSR count). The van der Waals surface area contributed by atoms with Gasteiger partial charge in [-0.1, -0.05) is 0 Å². The summed E-state index contributed by atoms with van der Waals surface area (Å²) in [5.74, 6) is 2.71. The fourth-order valence-corrected chi connectivity index (χ4v) is 1.28. The molecule has 1 aliphatic heterocycles. The van der Waals surface area contributed by atoms with E-state index in [1.54, 1.807) is 0 Å². The van der Waals surface area contributed by atoms with Crippen LogP contribution in [0.4, 0.5) is 0 Å². The van der Waals surface area contributed by atoms with E-state index < -0.39 is 0 Å². The van der Waals surface area contributed by atoms with Crippen LogP contribution in [-0.4, -0.2) is 18.8 Å². The van der Waals surface area contributed by atoms with Gasteiger partial charge in [0.25, 0.3) is 0 Å². The summed E-state index contributed by atoms with van der Waals surface area (Å²) in [7, 11) is 0. The van der Waals surface area contributed by atoms with Crippen molar-refractivity contribution >= 4 is 11.6 Å². The number of benzene rings is 1. The van der Waals surface area contributed by atoms with Crippen LogP contribution in [0.25, 0.3) is 0 Å². The first-order valence-corrected chi connectivity index (χ1v) is 4.95. The van der Waals surface area contributed by atoms with Crippen LogP contribution in [-0.2, 0) is 0 Å². The monoisotopic (exact) mass is 214 g/mol. The molecule has 0 amide bonds. The Morgan fingerprint density at radius 3 is 3.00 bits per heavy atom. The molecule has 1 heterocycles. The average molecular weight is 215 g/mol. The lowest BCUT2D eigenvalue weighted by atomic mass is 10.3. The molecule has 1 aliphatic rings. The van der Waals surface area contributed by atoms with Crippen LogP contribution in [0, 0.1) is 0 Å². The molecule has 0 spiro atoms. The fourth-order valence-electron chi connectivity index (χ4n) is 1.21. The molecule has 0 saturated heterocycles. The summed E-state index contributed by atoms with van der Waals surface area (Å²) < 4.78 is 15.9. The number of fused-ring (bicyclic) bond motifs is 1. The molecule has 0 aliphatic carbocycles. The molecule has 4 heteroatoms. The molecule has 0 aromatic heterocycles. The van der Waals surface area contributed by atoms with Crippen LogP contribution < -0.4 is 14.2 Å². The van der Waals surface area contributed by atoms with Gasteiger partial charge in [-0.25, -0.2) is 0 Å². The maximum Gasteiger partial charge on any atom is 0.231 e. The molecule has 0 N–H and O–H groups in total. The van der Waals surface area contributed by atoms with Crippen molar-refractivity contribution in [3.63, 3.8) is 0 Å². The third-order valence-corrected chi connectivity index (χ3v) is 2.33. The summed E-state index contributed by atoms with van der Waals surface area (Å²) in [6.07, 6.45) is -0.00274. The first-order valence-electron chi connectivity index (χ1n) is 4.42. The van der Waals surface area contributed by atoms with Crippen molar-refractivity contribution in [2.24, 2.45) is 0 Å². The molecule has 0 fully saturated rings. The van der Waals surface area contributed by atoms with Gasteiger partial charge >= 0.3 is 0 Å². The Kier molecular flexibility index (Phi) is 2.68. The maximum atomic E-state index is 5.64. The number of ether oxygens (including phenoxy) is 3. The molecule has 1 aromatic carbocycles. The number of hydrogen-bond donors (Lipinski definition) is 0. The van der Waals surface area contributed by atoms with Crippen LogP contribution in [0.3, 0.4) is 0 Å². The Hall–Kier alpha value is -1.09. The van der Waals surface area contributed by atoms with E-state index in [9.17, 15) is 0 Å². The van der Waals surface area contributed by atoms with Gasteiger partial charge in [-0.2, -0.15) is 0 Å². The highest BCUT2D eigenvalue weighted by Gasteiger charge is 2.14. The molecule has 3 nitrogen and oxygen atoms in total. The normalized spacial score (nSPS) is 15.3. The van der Waals surface area contributed by atoms with Crippen molar-refractivity contribution in [1.82, 2.24) is 0 Å². The van der Waals surface area contributed by atoms with Crippen LogP contribution >= 0.6 is 11.6 Å². The quantitative estimate of drug-likeness (QED) is 0.724. The van der Waals surface area contributed by atoms with Crippen molar-refractivity contribution < 1.29 is 14.2 Å². The van der Waals surface area contributed by atoms with E-state index in [0.717, 1.165) is 17.2 Å². The van der Waals surface area contributed by atoms with E-state index >= 15 is 0 Å². The first-order chi connectivity index (χ1) is 6.79. The predicted octanol–water partition coefficient (Wildman–Crippen LogP) is 2.42.